The van der Waals surface area contributed by atoms with Gasteiger partial charge in [0.25, 0.3) is 0 Å². The maximum atomic E-state index is 13.6. The third-order valence-electron chi connectivity index (χ3n) is 2.77. The van der Waals surface area contributed by atoms with Gasteiger partial charge in [-0.3, -0.25) is 0 Å². The van der Waals surface area contributed by atoms with Crippen LogP contribution < -0.4 is 5.73 Å². The zero-order valence-electron chi connectivity index (χ0n) is 10.5. The highest BCUT2D eigenvalue weighted by atomic mass is 32.2. The minimum absolute atomic E-state index is 0.270. The van der Waals surface area contributed by atoms with Gasteiger partial charge in [-0.05, 0) is 36.7 Å². The molecule has 0 spiro atoms. The van der Waals surface area contributed by atoms with Crippen LogP contribution in [0.2, 0.25) is 0 Å². The Bertz CT molecular complexity index is 742. The molecule has 1 aromatic carbocycles. The highest BCUT2D eigenvalue weighted by Crippen LogP contribution is 2.30. The SMILES string of the molecule is NCCc1cc(F)cc(Sc2ncnc3nc[nH]c23)c1. The van der Waals surface area contributed by atoms with E-state index in [4.69, 9.17) is 5.73 Å². The first-order chi connectivity index (χ1) is 9.76. The van der Waals surface area contributed by atoms with Crippen molar-refractivity contribution in [1.82, 2.24) is 19.9 Å². The number of nitrogens with one attached hydrogen (secondary N) is 1. The van der Waals surface area contributed by atoms with Gasteiger partial charge in [-0.25, -0.2) is 19.3 Å². The summed E-state index contributed by atoms with van der Waals surface area (Å²) < 4.78 is 13.6. The van der Waals surface area contributed by atoms with Crippen LogP contribution >= 0.6 is 11.8 Å². The standard InChI is InChI=1S/C13H12FN5S/c14-9-3-8(1-2-15)4-10(5-9)20-13-11-12(17-6-16-11)18-7-19-13/h3-7H,1-2,15H2,(H,16,17,18,19). The number of nitrogens with zero attached hydrogens (tertiary/aromatic N) is 3. The second kappa shape index (κ2) is 5.56. The van der Waals surface area contributed by atoms with Gasteiger partial charge in [0.15, 0.2) is 5.65 Å². The van der Waals surface area contributed by atoms with E-state index in [2.05, 4.69) is 19.9 Å². The molecule has 0 aliphatic heterocycles. The molecule has 0 saturated carbocycles. The number of halogens is 1. The van der Waals surface area contributed by atoms with Gasteiger partial charge in [-0.1, -0.05) is 11.8 Å². The van der Waals surface area contributed by atoms with Gasteiger partial charge in [-0.2, -0.15) is 0 Å². The number of aromatic amines is 1. The molecule has 0 bridgehead atoms. The summed E-state index contributed by atoms with van der Waals surface area (Å²) in [5.41, 5.74) is 7.74. The van der Waals surface area contributed by atoms with Crippen molar-refractivity contribution < 1.29 is 4.39 Å². The second-order valence-electron chi connectivity index (χ2n) is 4.22. The monoisotopic (exact) mass is 289 g/mol. The van der Waals surface area contributed by atoms with Crippen LogP contribution in [0.5, 0.6) is 0 Å². The third-order valence-corrected chi connectivity index (χ3v) is 3.74. The zero-order chi connectivity index (χ0) is 13.9. The summed E-state index contributed by atoms with van der Waals surface area (Å²) in [6, 6.07) is 4.91. The Morgan fingerprint density at radius 3 is 2.95 bits per heavy atom. The Morgan fingerprint density at radius 1 is 1.20 bits per heavy atom. The van der Waals surface area contributed by atoms with Gasteiger partial charge in [0, 0.05) is 4.90 Å². The van der Waals surface area contributed by atoms with Crippen LogP contribution in [0.3, 0.4) is 0 Å². The minimum atomic E-state index is -0.270. The number of nitrogens with two attached hydrogens (primary N) is 1. The molecule has 5 nitrogen and oxygen atoms in total. The van der Waals surface area contributed by atoms with Crippen LogP contribution in [0, 0.1) is 5.82 Å². The van der Waals surface area contributed by atoms with Gasteiger partial charge >= 0.3 is 0 Å². The van der Waals surface area contributed by atoms with E-state index in [1.165, 1.54) is 30.2 Å². The average molecular weight is 289 g/mol. The Hall–Kier alpha value is -1.99. The molecule has 0 aliphatic carbocycles. The summed E-state index contributed by atoms with van der Waals surface area (Å²) in [5, 5.41) is 0.719. The van der Waals surface area contributed by atoms with E-state index < -0.39 is 0 Å². The fourth-order valence-electron chi connectivity index (χ4n) is 1.92. The zero-order valence-corrected chi connectivity index (χ0v) is 11.3. The second-order valence-corrected chi connectivity index (χ2v) is 5.28. The molecule has 0 aliphatic rings. The van der Waals surface area contributed by atoms with Crippen LogP contribution in [-0.2, 0) is 6.42 Å². The van der Waals surface area contributed by atoms with E-state index in [1.807, 2.05) is 6.07 Å². The summed E-state index contributed by atoms with van der Waals surface area (Å²) in [7, 11) is 0. The van der Waals surface area contributed by atoms with E-state index in [9.17, 15) is 4.39 Å². The van der Waals surface area contributed by atoms with Crippen LogP contribution in [0.4, 0.5) is 4.39 Å². The predicted octanol–water partition coefficient (Wildman–Crippen LogP) is 2.14. The Kier molecular flexibility index (Phi) is 3.62. The maximum absolute atomic E-state index is 13.6. The lowest BCUT2D eigenvalue weighted by Gasteiger charge is -2.05. The van der Waals surface area contributed by atoms with Gasteiger partial charge in [0.2, 0.25) is 0 Å². The summed E-state index contributed by atoms with van der Waals surface area (Å²) in [4.78, 5) is 16.1. The highest BCUT2D eigenvalue weighted by molar-refractivity contribution is 7.99. The van der Waals surface area contributed by atoms with Crippen LogP contribution in [0.15, 0.2) is 40.8 Å². The van der Waals surface area contributed by atoms with E-state index >= 15 is 0 Å². The topological polar surface area (TPSA) is 80.5 Å². The summed E-state index contributed by atoms with van der Waals surface area (Å²) >= 11 is 1.37. The van der Waals surface area contributed by atoms with Crippen molar-refractivity contribution in [2.75, 3.05) is 6.54 Å². The molecule has 3 rings (SSSR count). The van der Waals surface area contributed by atoms with Gasteiger partial charge < -0.3 is 10.7 Å². The van der Waals surface area contributed by atoms with E-state index in [0.29, 0.717) is 18.6 Å². The molecule has 0 saturated heterocycles. The number of H-pyrrole nitrogens is 1. The van der Waals surface area contributed by atoms with Crippen molar-refractivity contribution in [3.8, 4) is 0 Å². The first-order valence-electron chi connectivity index (χ1n) is 6.08. The number of fused-ring (bicyclic) bond motifs is 1. The number of aromatic nitrogens is 4. The molecule has 3 N–H and O–H groups in total. The Balaban J connectivity index is 1.96. The van der Waals surface area contributed by atoms with Crippen LogP contribution in [0.25, 0.3) is 11.2 Å². The molecule has 3 aromatic rings. The number of rotatable bonds is 4. The fourth-order valence-corrected chi connectivity index (χ4v) is 2.88. The Morgan fingerprint density at radius 2 is 2.10 bits per heavy atom. The van der Waals surface area contributed by atoms with Crippen molar-refractivity contribution in [3.05, 3.63) is 42.2 Å². The van der Waals surface area contributed by atoms with Crippen molar-refractivity contribution in [2.24, 2.45) is 5.73 Å². The number of hydrogen-bond donors (Lipinski definition) is 2. The van der Waals surface area contributed by atoms with Gasteiger partial charge in [0.1, 0.15) is 22.7 Å². The molecule has 2 heterocycles. The molecule has 7 heteroatoms. The highest BCUT2D eigenvalue weighted by Gasteiger charge is 2.09. The van der Waals surface area contributed by atoms with Crippen molar-refractivity contribution in [1.29, 1.82) is 0 Å². The lowest BCUT2D eigenvalue weighted by Crippen LogP contribution is -2.03. The lowest BCUT2D eigenvalue weighted by atomic mass is 10.1. The summed E-state index contributed by atoms with van der Waals surface area (Å²) in [6.07, 6.45) is 3.66. The first kappa shape index (κ1) is 13.0. The normalized spacial score (nSPS) is 11.1. The lowest BCUT2D eigenvalue weighted by molar-refractivity contribution is 0.621. The maximum Gasteiger partial charge on any atom is 0.181 e. The summed E-state index contributed by atoms with van der Waals surface area (Å²) in [5.74, 6) is -0.270. The third kappa shape index (κ3) is 2.63. The largest absolute Gasteiger partial charge is 0.341 e. The average Bonchev–Trinajstić information content (AvgIpc) is 2.88. The van der Waals surface area contributed by atoms with Crippen molar-refractivity contribution in [3.63, 3.8) is 0 Å². The predicted molar refractivity (Wildman–Crippen MR) is 75.0 cm³/mol. The van der Waals surface area contributed by atoms with Crippen LogP contribution in [0.1, 0.15) is 5.56 Å². The Labute approximate surface area is 118 Å². The molecular weight excluding hydrogens is 277 g/mol. The molecule has 0 radical (unpaired) electrons. The minimum Gasteiger partial charge on any atom is -0.341 e. The molecule has 102 valence electrons. The molecular formula is C13H12FN5S. The number of hydrogen-bond acceptors (Lipinski definition) is 5. The smallest absolute Gasteiger partial charge is 0.181 e. The molecule has 0 fully saturated rings. The van der Waals surface area contributed by atoms with Crippen molar-refractivity contribution >= 4 is 22.9 Å². The fraction of sp³-hybridized carbons (Fsp3) is 0.154. The number of imidazole rings is 1. The van der Waals surface area contributed by atoms with E-state index in [-0.39, 0.29) is 5.82 Å². The van der Waals surface area contributed by atoms with Gasteiger partial charge in [0.05, 0.1) is 6.33 Å². The van der Waals surface area contributed by atoms with E-state index in [1.54, 1.807) is 6.33 Å². The molecule has 2 aromatic heterocycles. The number of benzene rings is 1. The first-order valence-corrected chi connectivity index (χ1v) is 6.89. The summed E-state index contributed by atoms with van der Waals surface area (Å²) in [6.45, 7) is 0.492. The molecule has 0 atom stereocenters. The molecule has 0 amide bonds. The van der Waals surface area contributed by atoms with E-state index in [0.717, 1.165) is 21.0 Å². The van der Waals surface area contributed by atoms with Gasteiger partial charge in [-0.15, -0.1) is 0 Å². The van der Waals surface area contributed by atoms with Crippen molar-refractivity contribution in [2.45, 2.75) is 16.3 Å². The van der Waals surface area contributed by atoms with Crippen LogP contribution in [-0.4, -0.2) is 26.5 Å². The molecule has 20 heavy (non-hydrogen) atoms. The quantitative estimate of drug-likeness (QED) is 0.719. The molecule has 0 unspecified atom stereocenters.